The van der Waals surface area contributed by atoms with Crippen molar-refractivity contribution in [3.05, 3.63) is 0 Å². The van der Waals surface area contributed by atoms with Gasteiger partial charge < -0.3 is 9.84 Å². The van der Waals surface area contributed by atoms with Crippen LogP contribution in [0.5, 0.6) is 0 Å². The van der Waals surface area contributed by atoms with E-state index in [0.29, 0.717) is 0 Å². The highest BCUT2D eigenvalue weighted by Gasteiger charge is 2.61. The molecule has 8 heteroatoms. The number of ether oxygens (including phenoxy) is 1. The molecule has 1 heterocycles. The van der Waals surface area contributed by atoms with Crippen LogP contribution in [0.2, 0.25) is 0 Å². The molecule has 0 aromatic carbocycles. The van der Waals surface area contributed by atoms with Gasteiger partial charge in [-0.05, 0) is 13.8 Å². The first-order chi connectivity index (χ1) is 8.06. The quantitative estimate of drug-likeness (QED) is 0.788. The van der Waals surface area contributed by atoms with Crippen molar-refractivity contribution in [2.75, 3.05) is 19.7 Å². The lowest BCUT2D eigenvalue weighted by atomic mass is 9.98. The minimum absolute atomic E-state index is 0.456. The topological polar surface area (TPSA) is 49.8 Å². The minimum atomic E-state index is -3.79. The second-order valence-electron chi connectivity index (χ2n) is 4.61. The van der Waals surface area contributed by atoms with E-state index in [1.807, 2.05) is 0 Å². The molecule has 1 N–H and O–H groups in total. The molecule has 18 heavy (non-hydrogen) atoms. The predicted molar refractivity (Wildman–Crippen MR) is 54.0 cm³/mol. The van der Waals surface area contributed by atoms with Crippen LogP contribution in [0.3, 0.4) is 0 Å². The molecule has 0 bridgehead atoms. The number of hydrogen-bond acceptors (Lipinski definition) is 3. The van der Waals surface area contributed by atoms with Crippen LogP contribution < -0.4 is 0 Å². The molecular weight excluding hydrogens is 258 g/mol. The van der Waals surface area contributed by atoms with Gasteiger partial charge in [-0.2, -0.15) is 0 Å². The fourth-order valence-electron chi connectivity index (χ4n) is 1.84. The van der Waals surface area contributed by atoms with Crippen molar-refractivity contribution in [2.45, 2.75) is 37.8 Å². The second-order valence-corrected chi connectivity index (χ2v) is 4.61. The van der Waals surface area contributed by atoms with Crippen LogP contribution in [-0.4, -0.2) is 59.7 Å². The maximum atomic E-state index is 13.6. The fraction of sp³-hybridized carbons (Fsp3) is 0.900. The zero-order valence-electron chi connectivity index (χ0n) is 10.00. The summed E-state index contributed by atoms with van der Waals surface area (Å²) in [5.41, 5.74) is 0. The summed E-state index contributed by atoms with van der Waals surface area (Å²) in [5, 5.41) is 8.30. The first kappa shape index (κ1) is 15.2. The van der Waals surface area contributed by atoms with Gasteiger partial charge in [0.1, 0.15) is 6.61 Å². The molecule has 0 atom stereocenters. The average molecular weight is 273 g/mol. The summed E-state index contributed by atoms with van der Waals surface area (Å²) < 4.78 is 58.5. The largest absolute Gasteiger partial charge is 0.480 e. The summed E-state index contributed by atoms with van der Waals surface area (Å²) in [5.74, 6) is -9.14. The third kappa shape index (κ3) is 3.32. The molecule has 1 rings (SSSR count). The van der Waals surface area contributed by atoms with Gasteiger partial charge in [0, 0.05) is 6.04 Å². The van der Waals surface area contributed by atoms with E-state index in [4.69, 9.17) is 5.11 Å². The van der Waals surface area contributed by atoms with E-state index >= 15 is 0 Å². The van der Waals surface area contributed by atoms with Gasteiger partial charge in [-0.3, -0.25) is 4.90 Å². The monoisotopic (exact) mass is 273 g/mol. The molecule has 4 nitrogen and oxygen atoms in total. The molecule has 0 aliphatic carbocycles. The number of piperidine rings is 1. The molecule has 1 fully saturated rings. The van der Waals surface area contributed by atoms with Gasteiger partial charge in [-0.15, -0.1) is 0 Å². The number of nitrogens with zero attached hydrogens (tertiary/aromatic N) is 1. The zero-order chi connectivity index (χ0) is 14.1. The van der Waals surface area contributed by atoms with Gasteiger partial charge in [-0.25, -0.2) is 22.4 Å². The Bertz CT molecular complexity index is 304. The normalized spacial score (nSPS) is 24.4. The van der Waals surface area contributed by atoms with E-state index in [9.17, 15) is 22.4 Å². The molecule has 0 aromatic heterocycles. The predicted octanol–water partition coefficient (Wildman–Crippen LogP) is 1.45. The van der Waals surface area contributed by atoms with Crippen molar-refractivity contribution in [2.24, 2.45) is 0 Å². The highest BCUT2D eigenvalue weighted by molar-refractivity contribution is 5.68. The Kier molecular flexibility index (Phi) is 4.22. The van der Waals surface area contributed by atoms with E-state index in [2.05, 4.69) is 4.74 Å². The lowest BCUT2D eigenvalue weighted by molar-refractivity contribution is -0.271. The van der Waals surface area contributed by atoms with Crippen LogP contribution >= 0.6 is 0 Å². The Morgan fingerprint density at radius 1 is 1.33 bits per heavy atom. The van der Waals surface area contributed by atoms with Crippen molar-refractivity contribution in [3.8, 4) is 0 Å². The van der Waals surface area contributed by atoms with Gasteiger partial charge in [-0.1, -0.05) is 0 Å². The number of hydrogen-bond donors (Lipinski definition) is 1. The summed E-state index contributed by atoms with van der Waals surface area (Å²) >= 11 is 0. The van der Waals surface area contributed by atoms with Crippen molar-refractivity contribution in [1.82, 2.24) is 4.90 Å². The molecule has 1 aliphatic heterocycles. The Hall–Kier alpha value is -0.890. The first-order valence-electron chi connectivity index (χ1n) is 5.39. The number of halogens is 4. The summed E-state index contributed by atoms with van der Waals surface area (Å²) in [6.45, 7) is 0.155. The van der Waals surface area contributed by atoms with Gasteiger partial charge in [0.2, 0.25) is 0 Å². The van der Waals surface area contributed by atoms with Crippen molar-refractivity contribution in [1.29, 1.82) is 0 Å². The number of alkyl halides is 4. The molecule has 1 aliphatic rings. The van der Waals surface area contributed by atoms with Crippen LogP contribution in [0.1, 0.15) is 13.8 Å². The van der Waals surface area contributed by atoms with Gasteiger partial charge in [0.15, 0.2) is 6.10 Å². The van der Waals surface area contributed by atoms with Crippen LogP contribution in [0, 0.1) is 0 Å². The number of carbonyl (C=O) groups is 1. The third-order valence-corrected chi connectivity index (χ3v) is 2.70. The first-order valence-corrected chi connectivity index (χ1v) is 5.39. The lowest BCUT2D eigenvalue weighted by Crippen LogP contribution is -2.65. The van der Waals surface area contributed by atoms with Gasteiger partial charge in [0.05, 0.1) is 13.1 Å². The van der Waals surface area contributed by atoms with Gasteiger partial charge in [0.25, 0.3) is 11.8 Å². The van der Waals surface area contributed by atoms with E-state index in [1.165, 1.54) is 13.8 Å². The highest BCUT2D eigenvalue weighted by atomic mass is 19.3. The second kappa shape index (κ2) is 5.00. The van der Waals surface area contributed by atoms with E-state index in [-0.39, 0.29) is 0 Å². The van der Waals surface area contributed by atoms with Crippen molar-refractivity contribution < 1.29 is 32.2 Å². The van der Waals surface area contributed by atoms with Crippen LogP contribution in [0.4, 0.5) is 17.6 Å². The molecule has 0 amide bonds. The highest BCUT2D eigenvalue weighted by Crippen LogP contribution is 2.39. The minimum Gasteiger partial charge on any atom is -0.480 e. The van der Waals surface area contributed by atoms with E-state index in [1.54, 1.807) is 0 Å². The number of carboxylic acids is 1. The van der Waals surface area contributed by atoms with Gasteiger partial charge >= 0.3 is 5.97 Å². The fourth-order valence-corrected chi connectivity index (χ4v) is 1.84. The zero-order valence-corrected chi connectivity index (χ0v) is 10.00. The van der Waals surface area contributed by atoms with Crippen LogP contribution in [-0.2, 0) is 9.53 Å². The number of aliphatic carboxylic acids is 1. The lowest BCUT2D eigenvalue weighted by Gasteiger charge is -2.44. The smallest absolute Gasteiger partial charge is 0.329 e. The number of likely N-dealkylation sites (tertiary alicyclic amines) is 1. The summed E-state index contributed by atoms with van der Waals surface area (Å²) in [6, 6.07) is -0.456. The molecule has 0 unspecified atom stereocenters. The standard InChI is InChI=1S/C10H15F4NO3/c1-6(2)15-4-9(11,12)8(10(13,14)5-15)18-3-7(16)17/h6,8H,3-5H2,1-2H3,(H,16,17). The Morgan fingerprint density at radius 3 is 2.11 bits per heavy atom. The SMILES string of the molecule is CC(C)N1CC(F)(F)C(OCC(=O)O)C(F)(F)C1. The summed E-state index contributed by atoms with van der Waals surface area (Å²) in [7, 11) is 0. The molecular formula is C10H15F4NO3. The van der Waals surface area contributed by atoms with Crippen molar-refractivity contribution in [3.63, 3.8) is 0 Å². The molecule has 106 valence electrons. The Balaban J connectivity index is 2.86. The number of rotatable bonds is 4. The maximum Gasteiger partial charge on any atom is 0.329 e. The molecule has 0 radical (unpaired) electrons. The molecule has 1 saturated heterocycles. The third-order valence-electron chi connectivity index (χ3n) is 2.70. The summed E-state index contributed by atoms with van der Waals surface area (Å²) in [6.07, 6.45) is -2.70. The summed E-state index contributed by atoms with van der Waals surface area (Å²) in [4.78, 5) is 11.2. The Labute approximate surface area is 102 Å². The van der Waals surface area contributed by atoms with E-state index in [0.717, 1.165) is 4.90 Å². The molecule has 0 spiro atoms. The van der Waals surface area contributed by atoms with Crippen molar-refractivity contribution >= 4 is 5.97 Å². The number of carboxylic acid groups (broad SMARTS) is 1. The van der Waals surface area contributed by atoms with E-state index < -0.39 is 49.7 Å². The van der Waals surface area contributed by atoms with Crippen LogP contribution in [0.25, 0.3) is 0 Å². The molecule has 0 saturated carbocycles. The van der Waals surface area contributed by atoms with Crippen LogP contribution in [0.15, 0.2) is 0 Å². The molecule has 0 aromatic rings. The maximum absolute atomic E-state index is 13.6. The average Bonchev–Trinajstić information content (AvgIpc) is 2.12. The Morgan fingerprint density at radius 2 is 1.78 bits per heavy atom.